The van der Waals surface area contributed by atoms with Crippen LogP contribution < -0.4 is 10.5 Å². The van der Waals surface area contributed by atoms with Gasteiger partial charge in [0.05, 0.1) is 12.6 Å². The van der Waals surface area contributed by atoms with Crippen LogP contribution in [-0.4, -0.2) is 6.61 Å². The van der Waals surface area contributed by atoms with E-state index in [1.54, 1.807) is 0 Å². The van der Waals surface area contributed by atoms with E-state index in [4.69, 9.17) is 26.5 Å². The van der Waals surface area contributed by atoms with Gasteiger partial charge >= 0.3 is 0 Å². The Hall–Kier alpha value is -1.45. The van der Waals surface area contributed by atoms with Gasteiger partial charge in [-0.05, 0) is 44.0 Å². The number of hydrogen-bond donors (Lipinski definition) is 1. The highest BCUT2D eigenvalue weighted by atomic mass is 35.5. The van der Waals surface area contributed by atoms with Gasteiger partial charge in [-0.1, -0.05) is 11.6 Å². The summed E-state index contributed by atoms with van der Waals surface area (Å²) in [5.41, 5.74) is 10.7. The molecule has 20 heavy (non-hydrogen) atoms. The Balaban J connectivity index is 2.14. The highest BCUT2D eigenvalue weighted by Crippen LogP contribution is 2.39. The number of benzene rings is 1. The molecule has 1 unspecified atom stereocenters. The van der Waals surface area contributed by atoms with Gasteiger partial charge < -0.3 is 14.9 Å². The minimum Gasteiger partial charge on any atom is -0.493 e. The Morgan fingerprint density at radius 2 is 1.95 bits per heavy atom. The van der Waals surface area contributed by atoms with E-state index in [0.717, 1.165) is 45.9 Å². The summed E-state index contributed by atoms with van der Waals surface area (Å²) in [5, 5.41) is 0.704. The zero-order chi connectivity index (χ0) is 14.4. The van der Waals surface area contributed by atoms with Crippen molar-refractivity contribution >= 4 is 11.6 Å². The second-order valence-electron chi connectivity index (χ2n) is 5.31. The van der Waals surface area contributed by atoms with Gasteiger partial charge in [0.1, 0.15) is 17.3 Å². The molecule has 1 aliphatic rings. The molecule has 0 bridgehead atoms. The van der Waals surface area contributed by atoms with Crippen LogP contribution in [0.15, 0.2) is 16.5 Å². The van der Waals surface area contributed by atoms with Crippen LogP contribution in [0.25, 0.3) is 0 Å². The summed E-state index contributed by atoms with van der Waals surface area (Å²) in [6, 6.07) is 3.58. The van der Waals surface area contributed by atoms with Gasteiger partial charge in [-0.15, -0.1) is 0 Å². The van der Waals surface area contributed by atoms with E-state index in [9.17, 15) is 0 Å². The number of rotatable bonds is 2. The lowest BCUT2D eigenvalue weighted by molar-refractivity contribution is 0.352. The zero-order valence-electron chi connectivity index (χ0n) is 11.9. The molecule has 106 valence electrons. The number of hydrogen-bond acceptors (Lipinski definition) is 3. The summed E-state index contributed by atoms with van der Waals surface area (Å²) >= 11 is 6.21. The third-order valence-electron chi connectivity index (χ3n) is 4.04. The molecule has 0 amide bonds. The van der Waals surface area contributed by atoms with Crippen LogP contribution in [0.3, 0.4) is 0 Å². The van der Waals surface area contributed by atoms with Gasteiger partial charge in [0.15, 0.2) is 0 Å². The van der Waals surface area contributed by atoms with Crippen molar-refractivity contribution in [1.29, 1.82) is 0 Å². The molecule has 2 aromatic rings. The van der Waals surface area contributed by atoms with Gasteiger partial charge in [-0.25, -0.2) is 0 Å². The zero-order valence-corrected chi connectivity index (χ0v) is 12.7. The summed E-state index contributed by atoms with van der Waals surface area (Å²) in [5.74, 6) is 2.66. The first-order chi connectivity index (χ1) is 9.49. The lowest BCUT2D eigenvalue weighted by Crippen LogP contribution is -2.14. The molecule has 0 spiro atoms. The summed E-state index contributed by atoms with van der Waals surface area (Å²) in [6.07, 6.45) is 0.887. The fraction of sp³-hybridized carbons (Fsp3) is 0.375. The van der Waals surface area contributed by atoms with Crippen molar-refractivity contribution in [3.63, 3.8) is 0 Å². The van der Waals surface area contributed by atoms with Gasteiger partial charge in [-0.3, -0.25) is 0 Å². The van der Waals surface area contributed by atoms with E-state index < -0.39 is 0 Å². The maximum Gasteiger partial charge on any atom is 0.127 e. The molecule has 2 N–H and O–H groups in total. The quantitative estimate of drug-likeness (QED) is 0.914. The molecular weight excluding hydrogens is 274 g/mol. The van der Waals surface area contributed by atoms with Crippen LogP contribution >= 0.6 is 11.6 Å². The predicted molar refractivity (Wildman–Crippen MR) is 79.6 cm³/mol. The van der Waals surface area contributed by atoms with E-state index in [0.29, 0.717) is 11.6 Å². The van der Waals surface area contributed by atoms with Crippen LogP contribution in [0.5, 0.6) is 5.75 Å². The van der Waals surface area contributed by atoms with Gasteiger partial charge in [-0.2, -0.15) is 0 Å². The standard InChI is InChI=1S/C16H18ClNO2/c1-8-9(2)20-10(3)14(8)15(18)13-7-12(17)6-11-4-5-19-16(11)13/h6-7,15H,4-5,18H2,1-3H3. The van der Waals surface area contributed by atoms with Crippen LogP contribution in [0.1, 0.15) is 39.8 Å². The third kappa shape index (κ3) is 2.02. The average molecular weight is 292 g/mol. The monoisotopic (exact) mass is 291 g/mol. The van der Waals surface area contributed by atoms with Gasteiger partial charge in [0, 0.05) is 22.6 Å². The van der Waals surface area contributed by atoms with Crippen molar-refractivity contribution in [1.82, 2.24) is 0 Å². The van der Waals surface area contributed by atoms with Gasteiger partial charge in [0.2, 0.25) is 0 Å². The number of ether oxygens (including phenoxy) is 1. The van der Waals surface area contributed by atoms with E-state index in [-0.39, 0.29) is 6.04 Å². The second-order valence-corrected chi connectivity index (χ2v) is 5.75. The highest BCUT2D eigenvalue weighted by Gasteiger charge is 2.26. The first-order valence-electron chi connectivity index (χ1n) is 6.76. The van der Waals surface area contributed by atoms with Crippen LogP contribution in [0, 0.1) is 20.8 Å². The molecule has 0 fully saturated rings. The molecule has 3 nitrogen and oxygen atoms in total. The van der Waals surface area contributed by atoms with Crippen molar-refractivity contribution in [2.45, 2.75) is 33.2 Å². The molecule has 1 aromatic carbocycles. The molecular formula is C16H18ClNO2. The lowest BCUT2D eigenvalue weighted by atomic mass is 9.94. The van der Waals surface area contributed by atoms with E-state index in [2.05, 4.69) is 0 Å². The highest BCUT2D eigenvalue weighted by molar-refractivity contribution is 6.30. The third-order valence-corrected chi connectivity index (χ3v) is 4.26. The molecule has 0 saturated heterocycles. The van der Waals surface area contributed by atoms with E-state index in [1.807, 2.05) is 32.9 Å². The first kappa shape index (κ1) is 13.5. The average Bonchev–Trinajstić information content (AvgIpc) is 2.93. The SMILES string of the molecule is Cc1oc(C)c(C(N)c2cc(Cl)cc3c2OCC3)c1C. The van der Waals surface area contributed by atoms with Crippen molar-refractivity contribution in [3.8, 4) is 5.75 Å². The molecule has 0 aliphatic carbocycles. The first-order valence-corrected chi connectivity index (χ1v) is 7.14. The van der Waals surface area contributed by atoms with Crippen molar-refractivity contribution < 1.29 is 9.15 Å². The van der Waals surface area contributed by atoms with Crippen LogP contribution in [0.4, 0.5) is 0 Å². The Kier molecular flexibility index (Phi) is 3.27. The minimum atomic E-state index is -0.280. The lowest BCUT2D eigenvalue weighted by Gasteiger charge is -2.17. The number of halogens is 1. The smallest absolute Gasteiger partial charge is 0.127 e. The molecule has 1 aromatic heterocycles. The number of nitrogens with two attached hydrogens (primary N) is 1. The number of aryl methyl sites for hydroxylation is 2. The molecule has 3 rings (SSSR count). The molecule has 0 radical (unpaired) electrons. The van der Waals surface area contributed by atoms with E-state index in [1.165, 1.54) is 0 Å². The Morgan fingerprint density at radius 1 is 1.20 bits per heavy atom. The van der Waals surface area contributed by atoms with E-state index >= 15 is 0 Å². The molecule has 1 atom stereocenters. The maximum atomic E-state index is 6.47. The largest absolute Gasteiger partial charge is 0.493 e. The molecule has 0 saturated carbocycles. The molecule has 1 aliphatic heterocycles. The summed E-state index contributed by atoms with van der Waals surface area (Å²) < 4.78 is 11.4. The Morgan fingerprint density at radius 3 is 2.60 bits per heavy atom. The topological polar surface area (TPSA) is 48.4 Å². The maximum absolute atomic E-state index is 6.47. The number of furan rings is 1. The normalized spacial score (nSPS) is 15.1. The van der Waals surface area contributed by atoms with Crippen molar-refractivity contribution in [3.05, 3.63) is 50.9 Å². The minimum absolute atomic E-state index is 0.280. The summed E-state index contributed by atoms with van der Waals surface area (Å²) in [7, 11) is 0. The van der Waals surface area contributed by atoms with Crippen LogP contribution in [0.2, 0.25) is 5.02 Å². The molecule has 4 heteroatoms. The van der Waals surface area contributed by atoms with Crippen molar-refractivity contribution in [2.75, 3.05) is 6.61 Å². The summed E-state index contributed by atoms with van der Waals surface area (Å²) in [6.45, 7) is 6.63. The Labute approximate surface area is 123 Å². The number of fused-ring (bicyclic) bond motifs is 1. The fourth-order valence-electron chi connectivity index (χ4n) is 2.95. The molecule has 2 heterocycles. The fourth-order valence-corrected chi connectivity index (χ4v) is 3.20. The predicted octanol–water partition coefficient (Wildman–Crippen LogP) is 3.84. The summed E-state index contributed by atoms with van der Waals surface area (Å²) in [4.78, 5) is 0. The Bertz CT molecular complexity index is 676. The van der Waals surface area contributed by atoms with Crippen LogP contribution in [-0.2, 0) is 6.42 Å². The second kappa shape index (κ2) is 4.83. The van der Waals surface area contributed by atoms with Crippen molar-refractivity contribution in [2.24, 2.45) is 5.73 Å². The van der Waals surface area contributed by atoms with Gasteiger partial charge in [0.25, 0.3) is 0 Å².